The molecular weight excluding hydrogens is 308 g/mol. The first kappa shape index (κ1) is 16.0. The zero-order valence-corrected chi connectivity index (χ0v) is 14.9. The largest absolute Gasteiger partial charge is 0.347 e. The smallest absolute Gasteiger partial charge is 0.168 e. The summed E-state index contributed by atoms with van der Waals surface area (Å²) in [6, 6.07) is 0.303. The normalized spacial score (nSPS) is 28.0. The van der Waals surface area contributed by atoms with Crippen LogP contribution in [0.25, 0.3) is 0 Å². The van der Waals surface area contributed by atoms with Crippen molar-refractivity contribution < 1.29 is 9.47 Å². The van der Waals surface area contributed by atoms with Crippen molar-refractivity contribution in [2.75, 3.05) is 13.2 Å². The molecule has 1 saturated carbocycles. The van der Waals surface area contributed by atoms with Gasteiger partial charge in [0.05, 0.1) is 24.4 Å². The molecule has 1 aliphatic heterocycles. The monoisotopic (exact) mass is 336 g/mol. The molecule has 4 rings (SSSR count). The van der Waals surface area contributed by atoms with Gasteiger partial charge in [0.25, 0.3) is 0 Å². The predicted molar refractivity (Wildman–Crippen MR) is 91.8 cm³/mol. The SMILES string of the molecule is CC(NCC1COC2(CCCCC2)O1)c1nc2c(s1)CCCC2. The summed E-state index contributed by atoms with van der Waals surface area (Å²) < 4.78 is 12.3. The molecule has 2 unspecified atom stereocenters. The summed E-state index contributed by atoms with van der Waals surface area (Å²) in [6.07, 6.45) is 11.1. The average Bonchev–Trinajstić information content (AvgIpc) is 3.18. The molecule has 5 heteroatoms. The van der Waals surface area contributed by atoms with E-state index in [1.807, 2.05) is 11.3 Å². The summed E-state index contributed by atoms with van der Waals surface area (Å²) >= 11 is 1.90. The van der Waals surface area contributed by atoms with Gasteiger partial charge in [-0.15, -0.1) is 11.3 Å². The summed E-state index contributed by atoms with van der Waals surface area (Å²) in [7, 11) is 0. The summed E-state index contributed by atoms with van der Waals surface area (Å²) in [6.45, 7) is 3.80. The quantitative estimate of drug-likeness (QED) is 0.909. The molecule has 1 saturated heterocycles. The van der Waals surface area contributed by atoms with Gasteiger partial charge in [0.1, 0.15) is 5.01 Å². The summed E-state index contributed by atoms with van der Waals surface area (Å²) in [5.41, 5.74) is 1.35. The molecule has 1 N–H and O–H groups in total. The van der Waals surface area contributed by atoms with Gasteiger partial charge in [-0.3, -0.25) is 0 Å². The molecule has 0 amide bonds. The lowest BCUT2D eigenvalue weighted by Gasteiger charge is -2.31. The van der Waals surface area contributed by atoms with Gasteiger partial charge in [0.15, 0.2) is 5.79 Å². The first-order valence-corrected chi connectivity index (χ1v) is 10.1. The maximum absolute atomic E-state index is 6.26. The van der Waals surface area contributed by atoms with Crippen LogP contribution in [0.15, 0.2) is 0 Å². The van der Waals surface area contributed by atoms with Crippen molar-refractivity contribution >= 4 is 11.3 Å². The van der Waals surface area contributed by atoms with Crippen LogP contribution in [-0.2, 0) is 22.3 Å². The van der Waals surface area contributed by atoms with E-state index < -0.39 is 0 Å². The first-order chi connectivity index (χ1) is 11.2. The number of aromatic nitrogens is 1. The Balaban J connectivity index is 1.30. The van der Waals surface area contributed by atoms with Gasteiger partial charge in [0, 0.05) is 24.3 Å². The Morgan fingerprint density at radius 1 is 1.22 bits per heavy atom. The molecule has 1 aromatic rings. The second-order valence-corrected chi connectivity index (χ2v) is 8.40. The third-order valence-corrected chi connectivity index (χ3v) is 6.75. The standard InChI is InChI=1S/C18H28N2O2S/c1-13(17-20-15-7-3-4-8-16(15)23-17)19-11-14-12-21-18(22-14)9-5-2-6-10-18/h13-14,19H,2-12H2,1H3. The second kappa shape index (κ2) is 6.79. The highest BCUT2D eigenvalue weighted by Crippen LogP contribution is 2.37. The Morgan fingerprint density at radius 3 is 2.87 bits per heavy atom. The van der Waals surface area contributed by atoms with Crippen molar-refractivity contribution in [3.63, 3.8) is 0 Å². The lowest BCUT2D eigenvalue weighted by molar-refractivity contribution is -0.186. The maximum atomic E-state index is 6.26. The van der Waals surface area contributed by atoms with Crippen LogP contribution < -0.4 is 5.32 Å². The summed E-state index contributed by atoms with van der Waals surface area (Å²) in [4.78, 5) is 6.38. The fourth-order valence-corrected chi connectivity index (χ4v) is 5.20. The number of hydrogen-bond acceptors (Lipinski definition) is 5. The topological polar surface area (TPSA) is 43.4 Å². The van der Waals surface area contributed by atoms with Crippen molar-refractivity contribution in [2.24, 2.45) is 0 Å². The van der Waals surface area contributed by atoms with Crippen LogP contribution in [0.3, 0.4) is 0 Å². The lowest BCUT2D eigenvalue weighted by Crippen LogP contribution is -2.36. The third-order valence-electron chi connectivity index (χ3n) is 5.41. The number of nitrogens with one attached hydrogen (secondary N) is 1. The molecule has 2 heterocycles. The van der Waals surface area contributed by atoms with E-state index in [9.17, 15) is 0 Å². The fraction of sp³-hybridized carbons (Fsp3) is 0.833. The molecule has 2 aliphatic carbocycles. The van der Waals surface area contributed by atoms with Crippen molar-refractivity contribution in [3.05, 3.63) is 15.6 Å². The fourth-order valence-electron chi connectivity index (χ4n) is 4.02. The van der Waals surface area contributed by atoms with E-state index in [2.05, 4.69) is 12.2 Å². The van der Waals surface area contributed by atoms with Crippen molar-refractivity contribution in [1.29, 1.82) is 0 Å². The van der Waals surface area contributed by atoms with Gasteiger partial charge in [-0.05, 0) is 45.4 Å². The highest BCUT2D eigenvalue weighted by atomic mass is 32.1. The van der Waals surface area contributed by atoms with Crippen LogP contribution in [0.1, 0.15) is 73.5 Å². The van der Waals surface area contributed by atoms with Crippen molar-refractivity contribution in [2.45, 2.75) is 82.6 Å². The van der Waals surface area contributed by atoms with E-state index in [0.29, 0.717) is 6.04 Å². The number of aryl methyl sites for hydroxylation is 2. The summed E-state index contributed by atoms with van der Waals surface area (Å²) in [5, 5.41) is 4.85. The van der Waals surface area contributed by atoms with Gasteiger partial charge < -0.3 is 14.8 Å². The van der Waals surface area contributed by atoms with Crippen LogP contribution >= 0.6 is 11.3 Å². The summed E-state index contributed by atoms with van der Waals surface area (Å²) in [5.74, 6) is -0.256. The Morgan fingerprint density at radius 2 is 2.04 bits per heavy atom. The van der Waals surface area contributed by atoms with Gasteiger partial charge in [-0.1, -0.05) is 6.42 Å². The molecule has 0 radical (unpaired) electrons. The molecule has 1 spiro atoms. The van der Waals surface area contributed by atoms with Crippen LogP contribution in [0.5, 0.6) is 0 Å². The molecule has 128 valence electrons. The number of rotatable bonds is 4. The van der Waals surface area contributed by atoms with E-state index in [1.54, 1.807) is 0 Å². The van der Waals surface area contributed by atoms with Crippen LogP contribution in [0.2, 0.25) is 0 Å². The number of nitrogens with zero attached hydrogens (tertiary/aromatic N) is 1. The van der Waals surface area contributed by atoms with Crippen molar-refractivity contribution in [3.8, 4) is 0 Å². The molecule has 2 atom stereocenters. The highest BCUT2D eigenvalue weighted by molar-refractivity contribution is 7.11. The number of ether oxygens (including phenoxy) is 2. The van der Waals surface area contributed by atoms with E-state index in [4.69, 9.17) is 14.5 Å². The Kier molecular flexibility index (Phi) is 4.72. The van der Waals surface area contributed by atoms with E-state index in [0.717, 1.165) is 26.0 Å². The number of thiazole rings is 1. The van der Waals surface area contributed by atoms with E-state index in [1.165, 1.54) is 60.5 Å². The minimum atomic E-state index is -0.256. The molecule has 2 fully saturated rings. The van der Waals surface area contributed by atoms with Gasteiger partial charge >= 0.3 is 0 Å². The van der Waals surface area contributed by atoms with Gasteiger partial charge in [-0.25, -0.2) is 4.98 Å². The molecular formula is C18H28N2O2S. The van der Waals surface area contributed by atoms with E-state index >= 15 is 0 Å². The molecule has 3 aliphatic rings. The van der Waals surface area contributed by atoms with E-state index in [-0.39, 0.29) is 11.9 Å². The molecule has 0 bridgehead atoms. The van der Waals surface area contributed by atoms with Crippen LogP contribution in [0.4, 0.5) is 0 Å². The highest BCUT2D eigenvalue weighted by Gasteiger charge is 2.42. The predicted octanol–water partition coefficient (Wildman–Crippen LogP) is 3.75. The van der Waals surface area contributed by atoms with Crippen LogP contribution in [0, 0.1) is 0 Å². The Labute approximate surface area is 143 Å². The van der Waals surface area contributed by atoms with Gasteiger partial charge in [0.2, 0.25) is 0 Å². The van der Waals surface area contributed by atoms with Gasteiger partial charge in [-0.2, -0.15) is 0 Å². The zero-order chi connectivity index (χ0) is 15.7. The zero-order valence-electron chi connectivity index (χ0n) is 14.1. The van der Waals surface area contributed by atoms with Crippen molar-refractivity contribution in [1.82, 2.24) is 10.3 Å². The third kappa shape index (κ3) is 3.48. The van der Waals surface area contributed by atoms with Crippen LogP contribution in [-0.4, -0.2) is 30.0 Å². The molecule has 4 nitrogen and oxygen atoms in total. The lowest BCUT2D eigenvalue weighted by atomic mass is 9.94. The maximum Gasteiger partial charge on any atom is 0.168 e. The molecule has 0 aromatic carbocycles. The number of fused-ring (bicyclic) bond motifs is 1. The number of hydrogen-bond donors (Lipinski definition) is 1. The molecule has 1 aromatic heterocycles. The average molecular weight is 337 g/mol. The Hall–Kier alpha value is -0.490. The minimum absolute atomic E-state index is 0.185. The minimum Gasteiger partial charge on any atom is -0.347 e. The second-order valence-electron chi connectivity index (χ2n) is 7.28. The Bertz CT molecular complexity index is 516. The first-order valence-electron chi connectivity index (χ1n) is 9.28. The molecule has 23 heavy (non-hydrogen) atoms.